The molecule has 21 heavy (non-hydrogen) atoms. The van der Waals surface area contributed by atoms with Gasteiger partial charge in [-0.05, 0) is 31.2 Å². The van der Waals surface area contributed by atoms with E-state index in [1.807, 2.05) is 0 Å². The molecule has 1 aromatic carbocycles. The SMILES string of the molecule is CCOC(=O)C(=O)c1sc(Nc2ccc(F)cc2)nc1Cl. The maximum absolute atomic E-state index is 12.8. The van der Waals surface area contributed by atoms with Crippen molar-refractivity contribution in [3.8, 4) is 0 Å². The number of hydrogen-bond acceptors (Lipinski definition) is 6. The Morgan fingerprint density at radius 2 is 2.05 bits per heavy atom. The number of nitrogens with zero attached hydrogens (tertiary/aromatic N) is 1. The summed E-state index contributed by atoms with van der Waals surface area (Å²) >= 11 is 6.77. The summed E-state index contributed by atoms with van der Waals surface area (Å²) < 4.78 is 17.4. The summed E-state index contributed by atoms with van der Waals surface area (Å²) in [6, 6.07) is 5.58. The predicted molar refractivity (Wildman–Crippen MR) is 77.8 cm³/mol. The molecule has 0 aliphatic heterocycles. The molecular weight excluding hydrogens is 319 g/mol. The zero-order valence-electron chi connectivity index (χ0n) is 10.9. The molecule has 0 radical (unpaired) electrons. The fraction of sp³-hybridized carbons (Fsp3) is 0.154. The predicted octanol–water partition coefficient (Wildman–Crippen LogP) is 3.43. The van der Waals surface area contributed by atoms with E-state index in [2.05, 4.69) is 15.0 Å². The number of ketones is 1. The number of halogens is 2. The Morgan fingerprint density at radius 1 is 1.38 bits per heavy atom. The molecule has 0 saturated heterocycles. The van der Waals surface area contributed by atoms with Crippen LogP contribution in [0.5, 0.6) is 0 Å². The van der Waals surface area contributed by atoms with Crippen LogP contribution < -0.4 is 5.32 Å². The average molecular weight is 329 g/mol. The third kappa shape index (κ3) is 3.77. The van der Waals surface area contributed by atoms with Crippen LogP contribution in [0.1, 0.15) is 16.6 Å². The summed E-state index contributed by atoms with van der Waals surface area (Å²) in [5, 5.41) is 3.11. The number of aromatic nitrogens is 1. The first kappa shape index (κ1) is 15.4. The molecule has 0 unspecified atom stereocenters. The smallest absolute Gasteiger partial charge is 0.380 e. The van der Waals surface area contributed by atoms with Gasteiger partial charge in [-0.1, -0.05) is 22.9 Å². The number of thiazole rings is 1. The molecule has 8 heteroatoms. The van der Waals surface area contributed by atoms with E-state index in [1.165, 1.54) is 24.3 Å². The highest BCUT2D eigenvalue weighted by Gasteiger charge is 2.24. The molecule has 2 aromatic rings. The van der Waals surface area contributed by atoms with E-state index in [0.29, 0.717) is 10.8 Å². The zero-order chi connectivity index (χ0) is 15.4. The fourth-order valence-corrected chi connectivity index (χ4v) is 2.58. The molecule has 110 valence electrons. The van der Waals surface area contributed by atoms with Gasteiger partial charge in [-0.25, -0.2) is 14.2 Å². The van der Waals surface area contributed by atoms with Crippen LogP contribution in [0.3, 0.4) is 0 Å². The minimum absolute atomic E-state index is 0.000252. The molecule has 2 rings (SSSR count). The highest BCUT2D eigenvalue weighted by Crippen LogP contribution is 2.29. The first-order chi connectivity index (χ1) is 10.0. The van der Waals surface area contributed by atoms with Gasteiger partial charge >= 0.3 is 5.97 Å². The largest absolute Gasteiger partial charge is 0.460 e. The summed E-state index contributed by atoms with van der Waals surface area (Å²) in [6.07, 6.45) is 0. The zero-order valence-corrected chi connectivity index (χ0v) is 12.4. The molecule has 0 aliphatic rings. The van der Waals surface area contributed by atoms with Crippen molar-refractivity contribution in [2.75, 3.05) is 11.9 Å². The van der Waals surface area contributed by atoms with Gasteiger partial charge in [-0.15, -0.1) is 0 Å². The summed E-state index contributed by atoms with van der Waals surface area (Å²) in [5.41, 5.74) is 0.581. The van der Waals surface area contributed by atoms with Crippen molar-refractivity contribution in [2.45, 2.75) is 6.92 Å². The Bertz CT molecular complexity index is 673. The van der Waals surface area contributed by atoms with Crippen LogP contribution in [0.15, 0.2) is 24.3 Å². The first-order valence-electron chi connectivity index (χ1n) is 5.91. The van der Waals surface area contributed by atoms with Gasteiger partial charge in [0.25, 0.3) is 5.78 Å². The van der Waals surface area contributed by atoms with Crippen molar-refractivity contribution in [3.63, 3.8) is 0 Å². The van der Waals surface area contributed by atoms with E-state index in [4.69, 9.17) is 11.6 Å². The molecule has 1 heterocycles. The van der Waals surface area contributed by atoms with Crippen molar-refractivity contribution < 1.29 is 18.7 Å². The van der Waals surface area contributed by atoms with E-state index < -0.39 is 11.8 Å². The lowest BCUT2D eigenvalue weighted by molar-refractivity contribution is -0.137. The van der Waals surface area contributed by atoms with Crippen molar-refractivity contribution >= 4 is 45.5 Å². The number of benzene rings is 1. The van der Waals surface area contributed by atoms with Crippen molar-refractivity contribution in [3.05, 3.63) is 40.1 Å². The average Bonchev–Trinajstić information content (AvgIpc) is 2.81. The Hall–Kier alpha value is -1.99. The van der Waals surface area contributed by atoms with E-state index in [9.17, 15) is 14.0 Å². The first-order valence-corrected chi connectivity index (χ1v) is 7.11. The number of Topliss-reactive ketones (excluding diaryl/α,β-unsaturated/α-hetero) is 1. The molecule has 0 fully saturated rings. The normalized spacial score (nSPS) is 10.2. The van der Waals surface area contributed by atoms with Gasteiger partial charge < -0.3 is 10.1 Å². The van der Waals surface area contributed by atoms with E-state index >= 15 is 0 Å². The second kappa shape index (κ2) is 6.64. The Labute approximate surface area is 128 Å². The lowest BCUT2D eigenvalue weighted by atomic mass is 10.3. The van der Waals surface area contributed by atoms with Gasteiger partial charge in [0.15, 0.2) is 10.3 Å². The molecular formula is C13H10ClFN2O3S. The molecule has 0 atom stereocenters. The molecule has 0 saturated carbocycles. The topological polar surface area (TPSA) is 68.3 Å². The van der Waals surface area contributed by atoms with Crippen LogP contribution in [-0.4, -0.2) is 23.3 Å². The number of esters is 1. The van der Waals surface area contributed by atoms with Crippen molar-refractivity contribution in [1.29, 1.82) is 0 Å². The van der Waals surface area contributed by atoms with Crippen LogP contribution in [0, 0.1) is 5.82 Å². The molecule has 1 N–H and O–H groups in total. The number of anilines is 2. The maximum Gasteiger partial charge on any atom is 0.380 e. The number of rotatable bonds is 5. The van der Waals surface area contributed by atoms with Crippen molar-refractivity contribution in [1.82, 2.24) is 4.98 Å². The molecule has 1 aromatic heterocycles. The molecule has 0 spiro atoms. The second-order valence-corrected chi connectivity index (χ2v) is 5.18. The Balaban J connectivity index is 2.17. The summed E-state index contributed by atoms with van der Waals surface area (Å²) in [5.74, 6) is -2.18. The quantitative estimate of drug-likeness (QED) is 0.517. The van der Waals surface area contributed by atoms with Gasteiger partial charge in [-0.2, -0.15) is 0 Å². The summed E-state index contributed by atoms with van der Waals surface area (Å²) in [6.45, 7) is 1.70. The lowest BCUT2D eigenvalue weighted by Crippen LogP contribution is -2.16. The Morgan fingerprint density at radius 3 is 2.67 bits per heavy atom. The highest BCUT2D eigenvalue weighted by atomic mass is 35.5. The molecule has 0 aliphatic carbocycles. The van der Waals surface area contributed by atoms with Crippen LogP contribution in [0.4, 0.5) is 15.2 Å². The number of hydrogen-bond donors (Lipinski definition) is 1. The van der Waals surface area contributed by atoms with Crippen LogP contribution in [-0.2, 0) is 9.53 Å². The van der Waals surface area contributed by atoms with Gasteiger partial charge in [0.05, 0.1) is 6.61 Å². The van der Waals surface area contributed by atoms with Gasteiger partial charge in [-0.3, -0.25) is 4.79 Å². The monoisotopic (exact) mass is 328 g/mol. The molecule has 0 bridgehead atoms. The fourth-order valence-electron chi connectivity index (χ4n) is 1.44. The van der Waals surface area contributed by atoms with E-state index in [-0.39, 0.29) is 22.5 Å². The Kier molecular flexibility index (Phi) is 4.87. The minimum Gasteiger partial charge on any atom is -0.460 e. The number of carbonyl (C=O) groups excluding carboxylic acids is 2. The molecule has 5 nitrogen and oxygen atoms in total. The van der Waals surface area contributed by atoms with Crippen molar-refractivity contribution in [2.24, 2.45) is 0 Å². The van der Waals surface area contributed by atoms with E-state index in [0.717, 1.165) is 11.3 Å². The summed E-state index contributed by atoms with van der Waals surface area (Å²) in [7, 11) is 0. The van der Waals surface area contributed by atoms with Gasteiger partial charge in [0.2, 0.25) is 0 Å². The van der Waals surface area contributed by atoms with Crippen LogP contribution in [0.2, 0.25) is 5.15 Å². The third-order valence-electron chi connectivity index (χ3n) is 2.35. The number of ether oxygens (including phenoxy) is 1. The number of carbonyl (C=O) groups is 2. The maximum atomic E-state index is 12.8. The number of nitrogens with one attached hydrogen (secondary N) is 1. The van der Waals surface area contributed by atoms with E-state index in [1.54, 1.807) is 6.92 Å². The highest BCUT2D eigenvalue weighted by molar-refractivity contribution is 7.18. The van der Waals surface area contributed by atoms with Gasteiger partial charge in [0.1, 0.15) is 10.7 Å². The van der Waals surface area contributed by atoms with Crippen LogP contribution >= 0.6 is 22.9 Å². The second-order valence-electron chi connectivity index (χ2n) is 3.82. The van der Waals surface area contributed by atoms with Gasteiger partial charge in [0, 0.05) is 5.69 Å². The standard InChI is InChI=1S/C13H10ClFN2O3S/c1-2-20-12(19)9(18)10-11(14)17-13(21-10)16-8-5-3-7(15)4-6-8/h3-6H,2H2,1H3,(H,16,17). The summed E-state index contributed by atoms with van der Waals surface area (Å²) in [4.78, 5) is 27.1. The minimum atomic E-state index is -0.976. The third-order valence-corrected chi connectivity index (χ3v) is 3.70. The molecule has 0 amide bonds. The van der Waals surface area contributed by atoms with Crippen LogP contribution in [0.25, 0.3) is 0 Å². The lowest BCUT2D eigenvalue weighted by Gasteiger charge is -2.01.